The van der Waals surface area contributed by atoms with Crippen molar-refractivity contribution in [2.24, 2.45) is 0 Å². The standard InChI is InChI=1S/C37H64N2O8/c1-3-5-7-9-11-13-15-17-19-21-23-25-31(41)36(46)34(44)30(29-40)47-37(36,39-28-27-33(43)38-35(39)45)32(42)26-24-22-20-18-16-14-12-10-8-6-4-2/h27-28,30,34,40,44,46H,3-26,29H2,1-2H3,(H,38,43,45)/t30-,34-,36-,37-/m1/s1. The summed E-state index contributed by atoms with van der Waals surface area (Å²) in [5, 5.41) is 33.3. The van der Waals surface area contributed by atoms with Crippen LogP contribution >= 0.6 is 0 Å². The number of rotatable bonds is 28. The lowest BCUT2D eigenvalue weighted by Crippen LogP contribution is -2.68. The molecule has 1 aromatic rings. The average molecular weight is 665 g/mol. The molecule has 4 atom stereocenters. The van der Waals surface area contributed by atoms with Crippen LogP contribution in [0.3, 0.4) is 0 Å². The summed E-state index contributed by atoms with van der Waals surface area (Å²) < 4.78 is 6.61. The molecule has 0 saturated carbocycles. The van der Waals surface area contributed by atoms with Crippen LogP contribution in [-0.2, 0) is 20.1 Å². The van der Waals surface area contributed by atoms with Crippen LogP contribution in [0.2, 0.25) is 0 Å². The summed E-state index contributed by atoms with van der Waals surface area (Å²) in [5.74, 6) is -1.59. The van der Waals surface area contributed by atoms with Crippen molar-refractivity contribution in [1.29, 1.82) is 0 Å². The Morgan fingerprint density at radius 1 is 0.723 bits per heavy atom. The molecule has 0 spiro atoms. The van der Waals surface area contributed by atoms with Gasteiger partial charge in [0.2, 0.25) is 11.3 Å². The summed E-state index contributed by atoms with van der Waals surface area (Å²) in [5.41, 5.74) is -7.26. The second-order valence-corrected chi connectivity index (χ2v) is 13.6. The van der Waals surface area contributed by atoms with E-state index >= 15 is 0 Å². The van der Waals surface area contributed by atoms with Gasteiger partial charge < -0.3 is 20.1 Å². The van der Waals surface area contributed by atoms with E-state index in [-0.39, 0.29) is 12.8 Å². The molecule has 10 nitrogen and oxygen atoms in total. The molecule has 2 rings (SSSR count). The molecule has 1 fully saturated rings. The second kappa shape index (κ2) is 22.5. The zero-order chi connectivity index (χ0) is 34.5. The molecule has 4 N–H and O–H groups in total. The third-order valence-electron chi connectivity index (χ3n) is 9.78. The molecule has 0 bridgehead atoms. The van der Waals surface area contributed by atoms with E-state index in [0.717, 1.165) is 63.6 Å². The second-order valence-electron chi connectivity index (χ2n) is 13.6. The van der Waals surface area contributed by atoms with Gasteiger partial charge in [-0.2, -0.15) is 0 Å². The molecule has 0 unspecified atom stereocenters. The number of aliphatic hydroxyl groups excluding tert-OH is 2. The first-order chi connectivity index (χ1) is 22.7. The van der Waals surface area contributed by atoms with Gasteiger partial charge in [0.1, 0.15) is 12.2 Å². The highest BCUT2D eigenvalue weighted by Gasteiger charge is 2.73. The smallest absolute Gasteiger partial charge is 0.331 e. The maximum absolute atomic E-state index is 14.1. The lowest BCUT2D eigenvalue weighted by molar-refractivity contribution is -0.203. The molecular formula is C37H64N2O8. The van der Waals surface area contributed by atoms with E-state index in [2.05, 4.69) is 18.8 Å². The summed E-state index contributed by atoms with van der Waals surface area (Å²) >= 11 is 0. The van der Waals surface area contributed by atoms with Gasteiger partial charge in [-0.25, -0.2) is 4.79 Å². The van der Waals surface area contributed by atoms with Crippen LogP contribution in [0.1, 0.15) is 168 Å². The number of ketones is 2. The zero-order valence-corrected chi connectivity index (χ0v) is 29.3. The molecule has 1 saturated heterocycles. The van der Waals surface area contributed by atoms with E-state index in [1.54, 1.807) is 0 Å². The fourth-order valence-electron chi connectivity index (χ4n) is 6.91. The van der Waals surface area contributed by atoms with Crippen LogP contribution in [0, 0.1) is 0 Å². The van der Waals surface area contributed by atoms with Gasteiger partial charge in [0.05, 0.1) is 6.61 Å². The molecule has 0 amide bonds. The van der Waals surface area contributed by atoms with E-state index in [0.29, 0.717) is 17.4 Å². The Morgan fingerprint density at radius 3 is 1.53 bits per heavy atom. The van der Waals surface area contributed by atoms with Crippen molar-refractivity contribution in [2.75, 3.05) is 6.61 Å². The first-order valence-corrected chi connectivity index (χ1v) is 18.8. The quantitative estimate of drug-likeness (QED) is 0.0770. The van der Waals surface area contributed by atoms with Gasteiger partial charge >= 0.3 is 5.69 Å². The van der Waals surface area contributed by atoms with Crippen LogP contribution in [-0.4, -0.2) is 60.9 Å². The van der Waals surface area contributed by atoms with E-state index in [4.69, 9.17) is 4.74 Å². The predicted molar refractivity (Wildman–Crippen MR) is 184 cm³/mol. The molecule has 1 aliphatic rings. The number of nitrogens with zero attached hydrogens (tertiary/aromatic N) is 1. The number of hydrogen-bond acceptors (Lipinski definition) is 8. The number of ether oxygens (including phenoxy) is 1. The normalized spacial score (nSPS) is 22.6. The zero-order valence-electron chi connectivity index (χ0n) is 29.3. The van der Waals surface area contributed by atoms with Crippen molar-refractivity contribution in [3.63, 3.8) is 0 Å². The fraction of sp³-hybridized carbons (Fsp3) is 0.838. The Morgan fingerprint density at radius 2 is 1.13 bits per heavy atom. The minimum atomic E-state index is -2.84. The molecule has 1 aliphatic heterocycles. The van der Waals surface area contributed by atoms with E-state index in [1.165, 1.54) is 77.0 Å². The first kappa shape index (κ1) is 41.0. The lowest BCUT2D eigenvalue weighted by atomic mass is 9.76. The number of hydrogen-bond donors (Lipinski definition) is 4. The Balaban J connectivity index is 2.08. The molecule has 270 valence electrons. The topological polar surface area (TPSA) is 159 Å². The van der Waals surface area contributed by atoms with Crippen LogP contribution in [0.4, 0.5) is 0 Å². The van der Waals surface area contributed by atoms with Crippen molar-refractivity contribution in [3.8, 4) is 0 Å². The van der Waals surface area contributed by atoms with Crippen molar-refractivity contribution >= 4 is 11.6 Å². The number of H-pyrrole nitrogens is 1. The van der Waals surface area contributed by atoms with Crippen molar-refractivity contribution in [3.05, 3.63) is 33.1 Å². The number of unbranched alkanes of at least 4 members (excludes halogenated alkanes) is 20. The largest absolute Gasteiger partial charge is 0.394 e. The summed E-state index contributed by atoms with van der Waals surface area (Å²) in [6.07, 6.45) is 20.7. The highest BCUT2D eigenvalue weighted by molar-refractivity contribution is 5.99. The minimum Gasteiger partial charge on any atom is -0.394 e. The molecule has 47 heavy (non-hydrogen) atoms. The van der Waals surface area contributed by atoms with Crippen LogP contribution in [0.15, 0.2) is 21.9 Å². The van der Waals surface area contributed by atoms with E-state index in [1.807, 2.05) is 0 Å². The van der Waals surface area contributed by atoms with Gasteiger partial charge in [-0.15, -0.1) is 0 Å². The maximum Gasteiger partial charge on any atom is 0.331 e. The van der Waals surface area contributed by atoms with Gasteiger partial charge in [0, 0.05) is 25.1 Å². The number of carbonyl (C=O) groups is 2. The van der Waals surface area contributed by atoms with Crippen LogP contribution in [0.25, 0.3) is 0 Å². The van der Waals surface area contributed by atoms with Crippen LogP contribution < -0.4 is 11.2 Å². The molecule has 10 heteroatoms. The summed E-state index contributed by atoms with van der Waals surface area (Å²) in [6.45, 7) is 3.62. The summed E-state index contributed by atoms with van der Waals surface area (Å²) in [4.78, 5) is 55.0. The van der Waals surface area contributed by atoms with Crippen LogP contribution in [0.5, 0.6) is 0 Å². The third kappa shape index (κ3) is 11.8. The number of aromatic nitrogens is 2. The fourth-order valence-corrected chi connectivity index (χ4v) is 6.91. The number of aliphatic hydroxyl groups is 3. The molecule has 0 radical (unpaired) electrons. The Bertz CT molecular complexity index is 1150. The van der Waals surface area contributed by atoms with Crippen molar-refractivity contribution < 1.29 is 29.6 Å². The first-order valence-electron chi connectivity index (χ1n) is 18.8. The van der Waals surface area contributed by atoms with E-state index in [9.17, 15) is 34.5 Å². The maximum atomic E-state index is 14.1. The number of nitrogens with one attached hydrogen (secondary N) is 1. The monoisotopic (exact) mass is 664 g/mol. The van der Waals surface area contributed by atoms with Gasteiger partial charge in [-0.05, 0) is 12.8 Å². The average Bonchev–Trinajstić information content (AvgIpc) is 3.29. The van der Waals surface area contributed by atoms with Gasteiger partial charge in [0.15, 0.2) is 11.6 Å². The Labute approximate surface area is 281 Å². The van der Waals surface area contributed by atoms with Gasteiger partial charge in [-0.3, -0.25) is 23.9 Å². The molecule has 1 aromatic heterocycles. The molecule has 0 aliphatic carbocycles. The molecule has 2 heterocycles. The van der Waals surface area contributed by atoms with Gasteiger partial charge in [-0.1, -0.05) is 142 Å². The molecule has 0 aromatic carbocycles. The highest BCUT2D eigenvalue weighted by atomic mass is 16.6. The van der Waals surface area contributed by atoms with E-state index < -0.39 is 53.0 Å². The summed E-state index contributed by atoms with van der Waals surface area (Å²) in [7, 11) is 0. The highest BCUT2D eigenvalue weighted by Crippen LogP contribution is 2.46. The minimum absolute atomic E-state index is 0.124. The SMILES string of the molecule is CCCCCCCCCCCCCC(=O)[C@@]1(O)[C@H](O)[C@@H](CO)O[C@@]1(C(=O)CCCCCCCCCCCCC)n1ccc(=O)[nH]c1=O. The summed E-state index contributed by atoms with van der Waals surface area (Å²) in [6, 6.07) is 0.995. The number of aromatic amines is 1. The van der Waals surface area contributed by atoms with Crippen molar-refractivity contribution in [2.45, 2.75) is 191 Å². The molecular weight excluding hydrogens is 600 g/mol. The Hall–Kier alpha value is -2.14. The number of carbonyl (C=O) groups excluding carboxylic acids is 2. The lowest BCUT2D eigenvalue weighted by Gasteiger charge is -2.40. The Kier molecular flexibility index (Phi) is 19.6. The number of Topliss-reactive ketones (excluding diaryl/α,β-unsaturated/α-hetero) is 2. The predicted octanol–water partition coefficient (Wildman–Crippen LogP) is 6.21. The van der Waals surface area contributed by atoms with Gasteiger partial charge in [0.25, 0.3) is 5.56 Å². The van der Waals surface area contributed by atoms with Crippen molar-refractivity contribution in [1.82, 2.24) is 9.55 Å². The third-order valence-corrected chi connectivity index (χ3v) is 9.78.